The Kier molecular flexibility index (Phi) is 5.48. The van der Waals surface area contributed by atoms with Crippen LogP contribution in [0.1, 0.15) is 36.6 Å². The molecule has 0 fully saturated rings. The molecular weight excluding hydrogens is 277 g/mol. The Morgan fingerprint density at radius 3 is 2.36 bits per heavy atom. The highest BCUT2D eigenvalue weighted by Gasteiger charge is 2.07. The van der Waals surface area contributed by atoms with Crippen molar-refractivity contribution < 1.29 is 9.18 Å². The van der Waals surface area contributed by atoms with E-state index >= 15 is 0 Å². The zero-order valence-electron chi connectivity index (χ0n) is 12.8. The van der Waals surface area contributed by atoms with Crippen LogP contribution in [0.4, 0.5) is 4.39 Å². The average Bonchev–Trinajstić information content (AvgIpc) is 2.54. The van der Waals surface area contributed by atoms with Crippen LogP contribution in [0, 0.1) is 5.82 Å². The predicted octanol–water partition coefficient (Wildman–Crippen LogP) is 4.28. The van der Waals surface area contributed by atoms with Gasteiger partial charge in [0.25, 0.3) is 0 Å². The molecular formula is C19H20FNO. The molecule has 0 bridgehead atoms. The molecule has 114 valence electrons. The second-order valence-electron chi connectivity index (χ2n) is 5.21. The Hall–Kier alpha value is -2.42. The number of rotatable bonds is 5. The van der Waals surface area contributed by atoms with E-state index in [1.165, 1.54) is 23.8 Å². The number of benzene rings is 2. The molecule has 0 aromatic heterocycles. The van der Waals surface area contributed by atoms with Gasteiger partial charge >= 0.3 is 0 Å². The van der Waals surface area contributed by atoms with Crippen molar-refractivity contribution in [3.63, 3.8) is 0 Å². The van der Waals surface area contributed by atoms with E-state index in [1.54, 1.807) is 18.2 Å². The standard InChI is InChI=1S/C19H20FNO/c1-3-15-4-9-17(10-5-15)14(2)21-19(22)13-8-16-6-11-18(20)12-7-16/h4-14H,3H2,1-2H3,(H,21,22)/b13-8+/t14-/m1/s1. The first-order valence-electron chi connectivity index (χ1n) is 7.41. The van der Waals surface area contributed by atoms with Crippen LogP contribution >= 0.6 is 0 Å². The topological polar surface area (TPSA) is 29.1 Å². The van der Waals surface area contributed by atoms with Gasteiger partial charge in [0.05, 0.1) is 6.04 Å². The molecule has 0 heterocycles. The summed E-state index contributed by atoms with van der Waals surface area (Å²) in [5.74, 6) is -0.456. The van der Waals surface area contributed by atoms with Gasteiger partial charge in [-0.3, -0.25) is 4.79 Å². The third-order valence-electron chi connectivity index (χ3n) is 3.54. The summed E-state index contributed by atoms with van der Waals surface area (Å²) < 4.78 is 12.8. The van der Waals surface area contributed by atoms with Gasteiger partial charge in [0.2, 0.25) is 5.91 Å². The number of carbonyl (C=O) groups is 1. The molecule has 1 N–H and O–H groups in total. The SMILES string of the molecule is CCc1ccc([C@@H](C)NC(=O)/C=C/c2ccc(F)cc2)cc1. The van der Waals surface area contributed by atoms with Crippen LogP contribution in [0.5, 0.6) is 0 Å². The summed E-state index contributed by atoms with van der Waals surface area (Å²) in [4.78, 5) is 11.9. The van der Waals surface area contributed by atoms with Crippen LogP contribution in [0.25, 0.3) is 6.08 Å². The minimum Gasteiger partial charge on any atom is -0.346 e. The molecule has 0 saturated heterocycles. The van der Waals surface area contributed by atoms with Gasteiger partial charge in [-0.1, -0.05) is 43.3 Å². The van der Waals surface area contributed by atoms with Gasteiger partial charge < -0.3 is 5.32 Å². The van der Waals surface area contributed by atoms with Crippen molar-refractivity contribution in [2.45, 2.75) is 26.3 Å². The highest BCUT2D eigenvalue weighted by molar-refractivity contribution is 5.91. The third-order valence-corrected chi connectivity index (χ3v) is 3.54. The van der Waals surface area contributed by atoms with Gasteiger partial charge in [-0.25, -0.2) is 4.39 Å². The number of amides is 1. The molecule has 2 nitrogen and oxygen atoms in total. The second-order valence-corrected chi connectivity index (χ2v) is 5.21. The van der Waals surface area contributed by atoms with Gasteiger partial charge in [-0.05, 0) is 48.2 Å². The summed E-state index contributed by atoms with van der Waals surface area (Å²) in [6, 6.07) is 14.2. The predicted molar refractivity (Wildman–Crippen MR) is 87.8 cm³/mol. The summed E-state index contributed by atoms with van der Waals surface area (Å²) in [5.41, 5.74) is 3.13. The lowest BCUT2D eigenvalue weighted by Crippen LogP contribution is -2.24. The summed E-state index contributed by atoms with van der Waals surface area (Å²) in [5, 5.41) is 2.92. The maximum atomic E-state index is 12.8. The molecule has 0 saturated carbocycles. The zero-order chi connectivity index (χ0) is 15.9. The average molecular weight is 297 g/mol. The first-order chi connectivity index (χ1) is 10.6. The molecule has 0 aliphatic carbocycles. The van der Waals surface area contributed by atoms with E-state index in [1.807, 2.05) is 19.1 Å². The number of carbonyl (C=O) groups excluding carboxylic acids is 1. The van der Waals surface area contributed by atoms with Crippen LogP contribution in [-0.4, -0.2) is 5.91 Å². The van der Waals surface area contributed by atoms with Crippen molar-refractivity contribution in [1.29, 1.82) is 0 Å². The molecule has 22 heavy (non-hydrogen) atoms. The third kappa shape index (κ3) is 4.55. The number of halogens is 1. The molecule has 0 aliphatic rings. The van der Waals surface area contributed by atoms with Crippen LogP contribution in [-0.2, 0) is 11.2 Å². The van der Waals surface area contributed by atoms with E-state index in [4.69, 9.17) is 0 Å². The fourth-order valence-electron chi connectivity index (χ4n) is 2.13. The Morgan fingerprint density at radius 2 is 1.77 bits per heavy atom. The first-order valence-corrected chi connectivity index (χ1v) is 7.41. The Labute approximate surface area is 130 Å². The van der Waals surface area contributed by atoms with Crippen LogP contribution in [0.15, 0.2) is 54.6 Å². The molecule has 2 aromatic rings. The smallest absolute Gasteiger partial charge is 0.244 e. The Bertz CT molecular complexity index is 644. The fourth-order valence-corrected chi connectivity index (χ4v) is 2.13. The molecule has 0 radical (unpaired) electrons. The lowest BCUT2D eigenvalue weighted by atomic mass is 10.0. The van der Waals surface area contributed by atoms with Crippen molar-refractivity contribution in [3.8, 4) is 0 Å². The van der Waals surface area contributed by atoms with Gasteiger partial charge in [-0.15, -0.1) is 0 Å². The summed E-state index contributed by atoms with van der Waals surface area (Å²) in [7, 11) is 0. The molecule has 1 amide bonds. The number of aryl methyl sites for hydroxylation is 1. The van der Waals surface area contributed by atoms with Gasteiger partial charge in [0.1, 0.15) is 5.82 Å². The second kappa shape index (κ2) is 7.55. The minimum atomic E-state index is -0.286. The van der Waals surface area contributed by atoms with E-state index in [2.05, 4.69) is 24.4 Å². The molecule has 3 heteroatoms. The molecule has 0 aliphatic heterocycles. The summed E-state index contributed by atoms with van der Waals surface area (Å²) >= 11 is 0. The zero-order valence-corrected chi connectivity index (χ0v) is 12.8. The maximum Gasteiger partial charge on any atom is 0.244 e. The van der Waals surface area contributed by atoms with E-state index in [0.717, 1.165) is 17.5 Å². The highest BCUT2D eigenvalue weighted by Crippen LogP contribution is 2.14. The van der Waals surface area contributed by atoms with Crippen molar-refractivity contribution in [3.05, 3.63) is 77.1 Å². The lowest BCUT2D eigenvalue weighted by molar-refractivity contribution is -0.117. The minimum absolute atomic E-state index is 0.0590. The van der Waals surface area contributed by atoms with Gasteiger partial charge in [-0.2, -0.15) is 0 Å². The number of hydrogen-bond donors (Lipinski definition) is 1. The molecule has 0 spiro atoms. The highest BCUT2D eigenvalue weighted by atomic mass is 19.1. The van der Waals surface area contributed by atoms with Crippen molar-refractivity contribution in [2.24, 2.45) is 0 Å². The maximum absolute atomic E-state index is 12.8. The molecule has 2 rings (SSSR count). The van der Waals surface area contributed by atoms with Crippen LogP contribution < -0.4 is 5.32 Å². The Morgan fingerprint density at radius 1 is 1.14 bits per heavy atom. The monoisotopic (exact) mass is 297 g/mol. The van der Waals surface area contributed by atoms with E-state index in [0.29, 0.717) is 0 Å². The number of nitrogens with one attached hydrogen (secondary N) is 1. The van der Waals surface area contributed by atoms with Crippen molar-refractivity contribution in [1.82, 2.24) is 5.32 Å². The van der Waals surface area contributed by atoms with Crippen LogP contribution in [0.2, 0.25) is 0 Å². The largest absolute Gasteiger partial charge is 0.346 e. The summed E-state index contributed by atoms with van der Waals surface area (Å²) in [6.45, 7) is 4.06. The number of hydrogen-bond acceptors (Lipinski definition) is 1. The van der Waals surface area contributed by atoms with Crippen molar-refractivity contribution in [2.75, 3.05) is 0 Å². The quantitative estimate of drug-likeness (QED) is 0.820. The fraction of sp³-hybridized carbons (Fsp3) is 0.211. The molecule has 2 aromatic carbocycles. The normalized spacial score (nSPS) is 12.3. The van der Waals surface area contributed by atoms with E-state index < -0.39 is 0 Å². The van der Waals surface area contributed by atoms with Crippen LogP contribution in [0.3, 0.4) is 0 Å². The molecule has 0 unspecified atom stereocenters. The Balaban J connectivity index is 1.94. The van der Waals surface area contributed by atoms with E-state index in [-0.39, 0.29) is 17.8 Å². The molecule has 1 atom stereocenters. The van der Waals surface area contributed by atoms with Crippen molar-refractivity contribution >= 4 is 12.0 Å². The van der Waals surface area contributed by atoms with Gasteiger partial charge in [0.15, 0.2) is 0 Å². The van der Waals surface area contributed by atoms with E-state index in [9.17, 15) is 9.18 Å². The first kappa shape index (κ1) is 16.0. The van der Waals surface area contributed by atoms with Gasteiger partial charge in [0, 0.05) is 6.08 Å². The summed E-state index contributed by atoms with van der Waals surface area (Å²) in [6.07, 6.45) is 4.13. The lowest BCUT2D eigenvalue weighted by Gasteiger charge is -2.13.